The highest BCUT2D eigenvalue weighted by Gasteiger charge is 2.32. The van der Waals surface area contributed by atoms with Gasteiger partial charge in [0.2, 0.25) is 11.8 Å². The molecule has 1 aromatic heterocycles. The van der Waals surface area contributed by atoms with Crippen LogP contribution in [0.15, 0.2) is 12.5 Å². The van der Waals surface area contributed by atoms with E-state index in [1.807, 2.05) is 13.8 Å². The summed E-state index contributed by atoms with van der Waals surface area (Å²) in [6.45, 7) is 7.11. The van der Waals surface area contributed by atoms with Gasteiger partial charge in [-0.25, -0.2) is 9.78 Å². The molecule has 146 valence electrons. The standard InChI is InChI=1S/C17H29N5O4/c1-5-10(4)14(16(24)21-13(9(2)3)17(25)26)22-15(23)12(18)6-11-7-19-8-20-11/h7-10,12-14H,5-6,18H2,1-4H3,(H,19,20)(H,21,24)(H,22,23)(H,25,26)/t10-,12-,13-,14-/m0/s1. The molecule has 0 aromatic carbocycles. The Morgan fingerprint density at radius 3 is 2.27 bits per heavy atom. The third kappa shape index (κ3) is 6.14. The third-order valence-corrected chi connectivity index (χ3v) is 4.36. The molecule has 0 saturated heterocycles. The van der Waals surface area contributed by atoms with E-state index in [9.17, 15) is 19.5 Å². The highest BCUT2D eigenvalue weighted by molar-refractivity contribution is 5.92. The van der Waals surface area contributed by atoms with Gasteiger partial charge in [-0.05, 0) is 11.8 Å². The lowest BCUT2D eigenvalue weighted by molar-refractivity contribution is -0.143. The van der Waals surface area contributed by atoms with E-state index in [2.05, 4.69) is 20.6 Å². The van der Waals surface area contributed by atoms with Crippen molar-refractivity contribution in [2.75, 3.05) is 0 Å². The second kappa shape index (κ2) is 9.91. The van der Waals surface area contributed by atoms with Crippen molar-refractivity contribution in [3.63, 3.8) is 0 Å². The van der Waals surface area contributed by atoms with Gasteiger partial charge in [0.25, 0.3) is 0 Å². The van der Waals surface area contributed by atoms with Crippen molar-refractivity contribution in [1.29, 1.82) is 0 Å². The molecule has 6 N–H and O–H groups in total. The minimum Gasteiger partial charge on any atom is -0.480 e. The first-order valence-electron chi connectivity index (χ1n) is 8.73. The Hall–Kier alpha value is -2.42. The summed E-state index contributed by atoms with van der Waals surface area (Å²) < 4.78 is 0. The molecule has 0 aliphatic rings. The number of nitrogens with two attached hydrogens (primary N) is 1. The van der Waals surface area contributed by atoms with Gasteiger partial charge in [-0.3, -0.25) is 9.59 Å². The Morgan fingerprint density at radius 1 is 1.19 bits per heavy atom. The van der Waals surface area contributed by atoms with Crippen molar-refractivity contribution in [1.82, 2.24) is 20.6 Å². The molecule has 9 heteroatoms. The zero-order chi connectivity index (χ0) is 19.9. The monoisotopic (exact) mass is 367 g/mol. The van der Waals surface area contributed by atoms with Crippen LogP contribution in [0.4, 0.5) is 0 Å². The molecule has 0 bridgehead atoms. The van der Waals surface area contributed by atoms with Crippen LogP contribution in [0, 0.1) is 11.8 Å². The molecule has 4 atom stereocenters. The average molecular weight is 367 g/mol. The van der Waals surface area contributed by atoms with Crippen molar-refractivity contribution in [2.45, 2.75) is 58.7 Å². The van der Waals surface area contributed by atoms with Gasteiger partial charge >= 0.3 is 5.97 Å². The summed E-state index contributed by atoms with van der Waals surface area (Å²) in [4.78, 5) is 43.0. The molecular weight excluding hydrogens is 338 g/mol. The quantitative estimate of drug-likeness (QED) is 0.394. The number of imidazole rings is 1. The first-order valence-corrected chi connectivity index (χ1v) is 8.73. The minimum absolute atomic E-state index is 0.181. The minimum atomic E-state index is -1.11. The molecule has 0 unspecified atom stereocenters. The number of carbonyl (C=O) groups excluding carboxylic acids is 2. The fourth-order valence-electron chi connectivity index (χ4n) is 2.44. The fraction of sp³-hybridized carbons (Fsp3) is 0.647. The molecule has 1 aromatic rings. The Labute approximate surface area is 153 Å². The number of carbonyl (C=O) groups is 3. The molecule has 0 saturated carbocycles. The summed E-state index contributed by atoms with van der Waals surface area (Å²) in [5.41, 5.74) is 6.62. The summed E-state index contributed by atoms with van der Waals surface area (Å²) in [6, 6.07) is -2.74. The van der Waals surface area contributed by atoms with Gasteiger partial charge in [-0.15, -0.1) is 0 Å². The Kier molecular flexibility index (Phi) is 8.24. The fourth-order valence-corrected chi connectivity index (χ4v) is 2.44. The van der Waals surface area contributed by atoms with Crippen molar-refractivity contribution in [2.24, 2.45) is 17.6 Å². The number of nitrogens with zero attached hydrogens (tertiary/aromatic N) is 1. The van der Waals surface area contributed by atoms with Crippen LogP contribution in [0.3, 0.4) is 0 Å². The van der Waals surface area contributed by atoms with Gasteiger partial charge in [0.15, 0.2) is 0 Å². The normalized spacial score (nSPS) is 15.8. The van der Waals surface area contributed by atoms with Crippen LogP contribution in [0.2, 0.25) is 0 Å². The van der Waals surface area contributed by atoms with Crippen molar-refractivity contribution >= 4 is 17.8 Å². The van der Waals surface area contributed by atoms with Crippen LogP contribution >= 0.6 is 0 Å². The number of carboxylic acid groups (broad SMARTS) is 1. The summed E-state index contributed by atoms with van der Waals surface area (Å²) in [7, 11) is 0. The topological polar surface area (TPSA) is 150 Å². The Balaban J connectivity index is 2.80. The van der Waals surface area contributed by atoms with Crippen molar-refractivity contribution in [3.8, 4) is 0 Å². The van der Waals surface area contributed by atoms with Crippen LogP contribution in [0.25, 0.3) is 0 Å². The largest absolute Gasteiger partial charge is 0.480 e. The molecule has 1 rings (SSSR count). The molecule has 9 nitrogen and oxygen atoms in total. The highest BCUT2D eigenvalue weighted by Crippen LogP contribution is 2.11. The second-order valence-corrected chi connectivity index (χ2v) is 6.83. The van der Waals surface area contributed by atoms with Crippen molar-refractivity contribution in [3.05, 3.63) is 18.2 Å². The molecule has 26 heavy (non-hydrogen) atoms. The van der Waals surface area contributed by atoms with Gasteiger partial charge in [0.1, 0.15) is 12.1 Å². The van der Waals surface area contributed by atoms with E-state index in [0.717, 1.165) is 0 Å². The lowest BCUT2D eigenvalue weighted by Crippen LogP contribution is -2.57. The van der Waals surface area contributed by atoms with Crippen LogP contribution in [-0.4, -0.2) is 51.0 Å². The molecular formula is C17H29N5O4. The predicted octanol–water partition coefficient (Wildman–Crippen LogP) is 0.0358. The van der Waals surface area contributed by atoms with E-state index in [-0.39, 0.29) is 18.3 Å². The van der Waals surface area contributed by atoms with Crippen LogP contribution in [-0.2, 0) is 20.8 Å². The first kappa shape index (κ1) is 21.6. The molecule has 0 aliphatic heterocycles. The number of nitrogens with one attached hydrogen (secondary N) is 3. The lowest BCUT2D eigenvalue weighted by Gasteiger charge is -2.27. The van der Waals surface area contributed by atoms with E-state index in [1.54, 1.807) is 20.0 Å². The number of rotatable bonds is 10. The summed E-state index contributed by atoms with van der Waals surface area (Å²) >= 11 is 0. The number of H-pyrrole nitrogens is 1. The maximum absolute atomic E-state index is 12.6. The Bertz CT molecular complexity index is 602. The zero-order valence-electron chi connectivity index (χ0n) is 15.7. The van der Waals surface area contributed by atoms with E-state index in [4.69, 9.17) is 5.73 Å². The first-order chi connectivity index (χ1) is 12.2. The second-order valence-electron chi connectivity index (χ2n) is 6.83. The van der Waals surface area contributed by atoms with Crippen LogP contribution in [0.5, 0.6) is 0 Å². The number of aromatic nitrogens is 2. The zero-order valence-corrected chi connectivity index (χ0v) is 15.7. The van der Waals surface area contributed by atoms with Gasteiger partial charge in [0, 0.05) is 18.3 Å². The summed E-state index contributed by atoms with van der Waals surface area (Å²) in [6.07, 6.45) is 3.96. The van der Waals surface area contributed by atoms with Gasteiger partial charge in [-0.1, -0.05) is 34.1 Å². The van der Waals surface area contributed by atoms with Gasteiger partial charge < -0.3 is 26.5 Å². The van der Waals surface area contributed by atoms with Crippen LogP contribution < -0.4 is 16.4 Å². The lowest BCUT2D eigenvalue weighted by atomic mass is 9.96. The number of aliphatic carboxylic acids is 1. The smallest absolute Gasteiger partial charge is 0.326 e. The summed E-state index contributed by atoms with van der Waals surface area (Å²) in [5.74, 6) is -2.58. The molecule has 0 radical (unpaired) electrons. The van der Waals surface area contributed by atoms with E-state index in [1.165, 1.54) is 6.33 Å². The van der Waals surface area contributed by atoms with Crippen LogP contribution in [0.1, 0.15) is 39.8 Å². The molecule has 1 heterocycles. The molecule has 0 spiro atoms. The van der Waals surface area contributed by atoms with Gasteiger partial charge in [0.05, 0.1) is 12.4 Å². The Morgan fingerprint density at radius 2 is 1.81 bits per heavy atom. The number of hydrogen-bond acceptors (Lipinski definition) is 5. The average Bonchev–Trinajstić information content (AvgIpc) is 3.08. The number of carboxylic acids is 1. The SMILES string of the molecule is CC[C@H](C)[C@H](NC(=O)[C@@H](N)Cc1cnc[nH]1)C(=O)N[C@H](C(=O)O)C(C)C. The number of hydrogen-bond donors (Lipinski definition) is 5. The van der Waals surface area contributed by atoms with E-state index < -0.39 is 35.9 Å². The predicted molar refractivity (Wildman–Crippen MR) is 96.1 cm³/mol. The van der Waals surface area contributed by atoms with Crippen molar-refractivity contribution < 1.29 is 19.5 Å². The van der Waals surface area contributed by atoms with Gasteiger partial charge in [-0.2, -0.15) is 0 Å². The highest BCUT2D eigenvalue weighted by atomic mass is 16.4. The summed E-state index contributed by atoms with van der Waals surface area (Å²) in [5, 5.41) is 14.4. The van der Waals surface area contributed by atoms with E-state index >= 15 is 0 Å². The maximum Gasteiger partial charge on any atom is 0.326 e. The number of amides is 2. The van der Waals surface area contributed by atoms with E-state index in [0.29, 0.717) is 12.1 Å². The molecule has 0 fully saturated rings. The maximum atomic E-state index is 12.6. The molecule has 0 aliphatic carbocycles. The number of aromatic amines is 1. The third-order valence-electron chi connectivity index (χ3n) is 4.36. The molecule has 2 amide bonds.